The number of benzene rings is 1. The first-order valence-electron chi connectivity index (χ1n) is 6.81. The SMILES string of the molecule is CC(O)CN(C)CCOc1cccc(C#CCCO)c1. The molecule has 0 heterocycles. The smallest absolute Gasteiger partial charge is 0.120 e. The molecule has 0 bridgehead atoms. The van der Waals surface area contributed by atoms with Crippen molar-refractivity contribution in [2.75, 3.05) is 33.4 Å². The van der Waals surface area contributed by atoms with Crippen molar-refractivity contribution in [1.82, 2.24) is 4.90 Å². The lowest BCUT2D eigenvalue weighted by Gasteiger charge is -2.18. The van der Waals surface area contributed by atoms with Crippen LogP contribution < -0.4 is 4.74 Å². The van der Waals surface area contributed by atoms with Gasteiger partial charge in [0.2, 0.25) is 0 Å². The van der Waals surface area contributed by atoms with Crippen LogP contribution >= 0.6 is 0 Å². The third kappa shape index (κ3) is 7.15. The van der Waals surface area contributed by atoms with Crippen molar-refractivity contribution in [2.45, 2.75) is 19.4 Å². The predicted molar refractivity (Wildman–Crippen MR) is 79.7 cm³/mol. The Morgan fingerprint density at radius 1 is 1.40 bits per heavy atom. The Hall–Kier alpha value is -1.54. The van der Waals surface area contributed by atoms with Gasteiger partial charge in [-0.15, -0.1) is 0 Å². The van der Waals surface area contributed by atoms with Gasteiger partial charge >= 0.3 is 0 Å². The standard InChI is InChI=1S/C16H23NO3/c1-14(19)13-17(2)9-11-20-16-8-5-7-15(12-16)6-3-4-10-18/h5,7-8,12,14,18-19H,4,9-11,13H2,1-2H3. The van der Waals surface area contributed by atoms with Crippen molar-refractivity contribution in [3.63, 3.8) is 0 Å². The second-order valence-electron chi connectivity index (χ2n) is 4.76. The molecule has 0 saturated carbocycles. The fourth-order valence-electron chi connectivity index (χ4n) is 1.75. The van der Waals surface area contributed by atoms with E-state index in [9.17, 15) is 5.11 Å². The van der Waals surface area contributed by atoms with Gasteiger partial charge in [0.1, 0.15) is 12.4 Å². The van der Waals surface area contributed by atoms with Crippen molar-refractivity contribution in [3.8, 4) is 17.6 Å². The molecule has 4 heteroatoms. The number of nitrogens with zero attached hydrogens (tertiary/aromatic N) is 1. The first kappa shape index (κ1) is 16.5. The van der Waals surface area contributed by atoms with Gasteiger partial charge < -0.3 is 19.8 Å². The van der Waals surface area contributed by atoms with E-state index in [4.69, 9.17) is 9.84 Å². The summed E-state index contributed by atoms with van der Waals surface area (Å²) in [5.74, 6) is 6.64. The molecule has 1 rings (SSSR count). The summed E-state index contributed by atoms with van der Waals surface area (Å²) in [4.78, 5) is 2.02. The summed E-state index contributed by atoms with van der Waals surface area (Å²) in [5, 5.41) is 17.9. The van der Waals surface area contributed by atoms with Gasteiger partial charge in [0.05, 0.1) is 12.7 Å². The van der Waals surface area contributed by atoms with Crippen LogP contribution in [-0.4, -0.2) is 54.6 Å². The summed E-state index contributed by atoms with van der Waals surface area (Å²) >= 11 is 0. The molecule has 20 heavy (non-hydrogen) atoms. The zero-order valence-corrected chi connectivity index (χ0v) is 12.2. The van der Waals surface area contributed by atoms with Crippen LogP contribution in [0.1, 0.15) is 18.9 Å². The molecule has 0 radical (unpaired) electrons. The molecule has 1 unspecified atom stereocenters. The molecule has 0 aromatic heterocycles. The summed E-state index contributed by atoms with van der Waals surface area (Å²) in [6, 6.07) is 7.60. The molecule has 0 aliphatic heterocycles. The molecule has 4 nitrogen and oxygen atoms in total. The molecule has 1 aromatic carbocycles. The Morgan fingerprint density at radius 2 is 2.20 bits per heavy atom. The van der Waals surface area contributed by atoms with Crippen molar-refractivity contribution in [1.29, 1.82) is 0 Å². The van der Waals surface area contributed by atoms with E-state index in [-0.39, 0.29) is 12.7 Å². The first-order valence-corrected chi connectivity index (χ1v) is 6.81. The van der Waals surface area contributed by atoms with Crippen LogP contribution in [0.4, 0.5) is 0 Å². The zero-order valence-electron chi connectivity index (χ0n) is 12.2. The van der Waals surface area contributed by atoms with Crippen LogP contribution in [-0.2, 0) is 0 Å². The Bertz CT molecular complexity index is 449. The highest BCUT2D eigenvalue weighted by Gasteiger charge is 2.03. The zero-order chi connectivity index (χ0) is 14.8. The predicted octanol–water partition coefficient (Wildman–Crippen LogP) is 1.11. The molecule has 0 spiro atoms. The average molecular weight is 277 g/mol. The van der Waals surface area contributed by atoms with Crippen molar-refractivity contribution in [2.24, 2.45) is 0 Å². The molecule has 0 aliphatic carbocycles. The van der Waals surface area contributed by atoms with Crippen molar-refractivity contribution < 1.29 is 14.9 Å². The number of ether oxygens (including phenoxy) is 1. The van der Waals surface area contributed by atoms with Crippen molar-refractivity contribution >= 4 is 0 Å². The van der Waals surface area contributed by atoms with E-state index in [1.54, 1.807) is 6.92 Å². The second kappa shape index (κ2) is 9.38. The van der Waals surface area contributed by atoms with Crippen LogP contribution in [0.25, 0.3) is 0 Å². The lowest BCUT2D eigenvalue weighted by Crippen LogP contribution is -2.30. The second-order valence-corrected chi connectivity index (χ2v) is 4.76. The van der Waals surface area contributed by atoms with E-state index >= 15 is 0 Å². The minimum atomic E-state index is -0.329. The summed E-state index contributed by atoms with van der Waals surface area (Å²) in [7, 11) is 1.95. The van der Waals surface area contributed by atoms with Gasteiger partial charge in [-0.2, -0.15) is 0 Å². The van der Waals surface area contributed by atoms with E-state index in [1.807, 2.05) is 36.2 Å². The van der Waals surface area contributed by atoms with Gasteiger partial charge in [0.25, 0.3) is 0 Å². The number of hydrogen-bond acceptors (Lipinski definition) is 4. The molecule has 110 valence electrons. The average Bonchev–Trinajstić information content (AvgIpc) is 2.39. The maximum absolute atomic E-state index is 9.26. The minimum absolute atomic E-state index is 0.0821. The van der Waals surface area contributed by atoms with Crippen molar-refractivity contribution in [3.05, 3.63) is 29.8 Å². The fraction of sp³-hybridized carbons (Fsp3) is 0.500. The Morgan fingerprint density at radius 3 is 2.90 bits per heavy atom. The lowest BCUT2D eigenvalue weighted by molar-refractivity contribution is 0.131. The largest absolute Gasteiger partial charge is 0.492 e. The summed E-state index contributed by atoms with van der Waals surface area (Å²) in [5.41, 5.74) is 0.883. The highest BCUT2D eigenvalue weighted by molar-refractivity contribution is 5.39. The lowest BCUT2D eigenvalue weighted by atomic mass is 10.2. The van der Waals surface area contributed by atoms with E-state index in [0.717, 1.165) is 17.9 Å². The Balaban J connectivity index is 2.41. The van der Waals surface area contributed by atoms with Crippen LogP contribution in [0, 0.1) is 11.8 Å². The number of likely N-dealkylation sites (N-methyl/N-ethyl adjacent to an activating group) is 1. The van der Waals surface area contributed by atoms with E-state index < -0.39 is 0 Å². The first-order chi connectivity index (χ1) is 9.61. The third-order valence-corrected chi connectivity index (χ3v) is 2.62. The van der Waals surface area contributed by atoms with E-state index in [2.05, 4.69) is 11.8 Å². The monoisotopic (exact) mass is 277 g/mol. The highest BCUT2D eigenvalue weighted by Crippen LogP contribution is 2.12. The van der Waals surface area contributed by atoms with Gasteiger partial charge in [0.15, 0.2) is 0 Å². The van der Waals surface area contributed by atoms with Crippen LogP contribution in [0.2, 0.25) is 0 Å². The third-order valence-electron chi connectivity index (χ3n) is 2.62. The van der Waals surface area contributed by atoms with E-state index in [1.165, 1.54) is 0 Å². The van der Waals surface area contributed by atoms with Crippen LogP contribution in [0.3, 0.4) is 0 Å². The normalized spacial score (nSPS) is 11.8. The van der Waals surface area contributed by atoms with Gasteiger partial charge in [-0.05, 0) is 32.2 Å². The topological polar surface area (TPSA) is 52.9 Å². The molecule has 0 amide bonds. The molecule has 0 fully saturated rings. The molecule has 1 atom stereocenters. The number of aliphatic hydroxyl groups excluding tert-OH is 2. The quantitative estimate of drug-likeness (QED) is 0.733. The summed E-state index contributed by atoms with van der Waals surface area (Å²) < 4.78 is 5.66. The number of rotatable bonds is 7. The molecular weight excluding hydrogens is 254 g/mol. The highest BCUT2D eigenvalue weighted by atomic mass is 16.5. The fourth-order valence-corrected chi connectivity index (χ4v) is 1.75. The number of aliphatic hydroxyl groups is 2. The van der Waals surface area contributed by atoms with Gasteiger partial charge in [0, 0.05) is 25.1 Å². The summed E-state index contributed by atoms with van der Waals surface area (Å²) in [6.45, 7) is 3.81. The van der Waals surface area contributed by atoms with Gasteiger partial charge in [-0.25, -0.2) is 0 Å². The summed E-state index contributed by atoms with van der Waals surface area (Å²) in [6.07, 6.45) is 0.153. The van der Waals surface area contributed by atoms with Crippen LogP contribution in [0.5, 0.6) is 5.75 Å². The maximum Gasteiger partial charge on any atom is 0.120 e. The maximum atomic E-state index is 9.26. The van der Waals surface area contributed by atoms with Crippen LogP contribution in [0.15, 0.2) is 24.3 Å². The molecule has 2 N–H and O–H groups in total. The van der Waals surface area contributed by atoms with Gasteiger partial charge in [-0.1, -0.05) is 17.9 Å². The minimum Gasteiger partial charge on any atom is -0.492 e. The molecule has 1 aromatic rings. The Kier molecular flexibility index (Phi) is 7.74. The molecular formula is C16H23NO3. The molecule has 0 aliphatic rings. The van der Waals surface area contributed by atoms with E-state index in [0.29, 0.717) is 19.6 Å². The Labute approximate surface area is 121 Å². The number of hydrogen-bond donors (Lipinski definition) is 2. The van der Waals surface area contributed by atoms with Gasteiger partial charge in [-0.3, -0.25) is 0 Å². The molecule has 0 saturated heterocycles.